The van der Waals surface area contributed by atoms with Crippen LogP contribution in [0.2, 0.25) is 0 Å². The Bertz CT molecular complexity index is 297. The van der Waals surface area contributed by atoms with Crippen LogP contribution in [0.3, 0.4) is 0 Å². The molecule has 1 aromatic heterocycles. The lowest BCUT2D eigenvalue weighted by molar-refractivity contribution is 0.273. The van der Waals surface area contributed by atoms with Gasteiger partial charge >= 0.3 is 0 Å². The molecule has 0 aliphatic rings. The van der Waals surface area contributed by atoms with Gasteiger partial charge in [0.1, 0.15) is 5.75 Å². The summed E-state index contributed by atoms with van der Waals surface area (Å²) in [4.78, 5) is 4.11. The van der Waals surface area contributed by atoms with E-state index in [0.29, 0.717) is 12.3 Å². The van der Waals surface area contributed by atoms with E-state index in [-0.39, 0.29) is 6.61 Å². The highest BCUT2D eigenvalue weighted by atomic mass is 16.5. The zero-order valence-electron chi connectivity index (χ0n) is 8.29. The third-order valence-electron chi connectivity index (χ3n) is 1.98. The van der Waals surface area contributed by atoms with Gasteiger partial charge in [0.2, 0.25) is 0 Å². The molecule has 0 bridgehead atoms. The second kappa shape index (κ2) is 4.23. The minimum atomic E-state index is -0.0355. The average molecular weight is 181 g/mol. The summed E-state index contributed by atoms with van der Waals surface area (Å²) in [6.45, 7) is 6.41. The number of aliphatic hydroxyl groups is 1. The van der Waals surface area contributed by atoms with Crippen LogP contribution in [0.1, 0.15) is 23.7 Å². The predicted molar refractivity (Wildman–Crippen MR) is 50.8 cm³/mol. The van der Waals surface area contributed by atoms with Crippen LogP contribution in [0.15, 0.2) is 6.20 Å². The number of aromatic nitrogens is 1. The first-order chi connectivity index (χ1) is 6.20. The summed E-state index contributed by atoms with van der Waals surface area (Å²) < 4.78 is 5.46. The molecule has 0 amide bonds. The summed E-state index contributed by atoms with van der Waals surface area (Å²) in [5.41, 5.74) is 2.63. The van der Waals surface area contributed by atoms with E-state index in [1.165, 1.54) is 0 Å². The van der Waals surface area contributed by atoms with E-state index in [4.69, 9.17) is 9.84 Å². The molecule has 72 valence electrons. The Hall–Kier alpha value is -1.09. The smallest absolute Gasteiger partial charge is 0.128 e. The number of aliphatic hydroxyl groups excluding tert-OH is 1. The number of ether oxygens (including phenoxy) is 1. The van der Waals surface area contributed by atoms with Gasteiger partial charge in [-0.15, -0.1) is 0 Å². The van der Waals surface area contributed by atoms with Crippen molar-refractivity contribution >= 4 is 0 Å². The van der Waals surface area contributed by atoms with Gasteiger partial charge in [0, 0.05) is 17.3 Å². The number of hydrogen-bond acceptors (Lipinski definition) is 3. The van der Waals surface area contributed by atoms with Crippen molar-refractivity contribution in [1.82, 2.24) is 4.98 Å². The molecule has 0 atom stereocenters. The highest BCUT2D eigenvalue weighted by Gasteiger charge is 2.08. The van der Waals surface area contributed by atoms with Gasteiger partial charge in [-0.05, 0) is 20.8 Å². The van der Waals surface area contributed by atoms with Gasteiger partial charge in [0.25, 0.3) is 0 Å². The Morgan fingerprint density at radius 3 is 2.69 bits per heavy atom. The molecule has 13 heavy (non-hydrogen) atoms. The van der Waals surface area contributed by atoms with Gasteiger partial charge in [-0.2, -0.15) is 0 Å². The fourth-order valence-electron chi connectivity index (χ4n) is 1.28. The van der Waals surface area contributed by atoms with E-state index in [1.807, 2.05) is 20.8 Å². The Kier molecular flexibility index (Phi) is 3.25. The highest BCUT2D eigenvalue weighted by Crippen LogP contribution is 2.24. The van der Waals surface area contributed by atoms with Crippen LogP contribution in [-0.2, 0) is 6.61 Å². The summed E-state index contributed by atoms with van der Waals surface area (Å²) in [6, 6.07) is 0. The molecule has 0 spiro atoms. The summed E-state index contributed by atoms with van der Waals surface area (Å²) >= 11 is 0. The molecule has 3 heteroatoms. The summed E-state index contributed by atoms with van der Waals surface area (Å²) in [6.07, 6.45) is 1.73. The SMILES string of the molecule is CCOc1c(C)cnc(CO)c1C. The van der Waals surface area contributed by atoms with Crippen LogP contribution in [-0.4, -0.2) is 16.7 Å². The van der Waals surface area contributed by atoms with Crippen molar-refractivity contribution in [2.75, 3.05) is 6.61 Å². The van der Waals surface area contributed by atoms with Crippen molar-refractivity contribution in [3.63, 3.8) is 0 Å². The van der Waals surface area contributed by atoms with Gasteiger partial charge in [0.15, 0.2) is 0 Å². The van der Waals surface area contributed by atoms with Gasteiger partial charge in [-0.3, -0.25) is 4.98 Å². The fourth-order valence-corrected chi connectivity index (χ4v) is 1.28. The van der Waals surface area contributed by atoms with Crippen molar-refractivity contribution in [2.45, 2.75) is 27.4 Å². The number of hydrogen-bond donors (Lipinski definition) is 1. The Labute approximate surface area is 78.4 Å². The molecule has 0 aliphatic carbocycles. The van der Waals surface area contributed by atoms with Crippen molar-refractivity contribution in [1.29, 1.82) is 0 Å². The van der Waals surface area contributed by atoms with Crippen molar-refractivity contribution in [2.24, 2.45) is 0 Å². The third-order valence-corrected chi connectivity index (χ3v) is 1.98. The molecule has 0 aromatic carbocycles. The monoisotopic (exact) mass is 181 g/mol. The molecule has 1 N–H and O–H groups in total. The maximum atomic E-state index is 8.98. The minimum absolute atomic E-state index is 0.0355. The molecule has 0 saturated heterocycles. The van der Waals surface area contributed by atoms with Crippen LogP contribution >= 0.6 is 0 Å². The number of nitrogens with zero attached hydrogens (tertiary/aromatic N) is 1. The largest absolute Gasteiger partial charge is 0.493 e. The fraction of sp³-hybridized carbons (Fsp3) is 0.500. The number of rotatable bonds is 3. The van der Waals surface area contributed by atoms with E-state index >= 15 is 0 Å². The Morgan fingerprint density at radius 2 is 2.15 bits per heavy atom. The van der Waals surface area contributed by atoms with Crippen LogP contribution in [0.4, 0.5) is 0 Å². The number of aryl methyl sites for hydroxylation is 1. The van der Waals surface area contributed by atoms with E-state index in [1.54, 1.807) is 6.20 Å². The van der Waals surface area contributed by atoms with E-state index in [2.05, 4.69) is 4.98 Å². The molecule has 1 rings (SSSR count). The standard InChI is InChI=1S/C10H15NO2/c1-4-13-10-7(2)5-11-9(6-12)8(10)3/h5,12H,4,6H2,1-3H3. The summed E-state index contributed by atoms with van der Waals surface area (Å²) in [5, 5.41) is 8.98. The van der Waals surface area contributed by atoms with Crippen LogP contribution in [0.5, 0.6) is 5.75 Å². The number of pyridine rings is 1. The van der Waals surface area contributed by atoms with Crippen LogP contribution in [0, 0.1) is 13.8 Å². The van der Waals surface area contributed by atoms with E-state index in [0.717, 1.165) is 16.9 Å². The summed E-state index contributed by atoms with van der Waals surface area (Å²) in [7, 11) is 0. The Morgan fingerprint density at radius 1 is 1.46 bits per heavy atom. The molecule has 0 aliphatic heterocycles. The molecular formula is C10H15NO2. The second-order valence-electron chi connectivity index (χ2n) is 2.93. The molecule has 0 radical (unpaired) electrons. The maximum Gasteiger partial charge on any atom is 0.128 e. The van der Waals surface area contributed by atoms with Gasteiger partial charge in [-0.1, -0.05) is 0 Å². The molecule has 3 nitrogen and oxygen atoms in total. The molecule has 0 unspecified atom stereocenters. The second-order valence-corrected chi connectivity index (χ2v) is 2.93. The average Bonchev–Trinajstić information content (AvgIpc) is 2.12. The molecule has 0 fully saturated rings. The maximum absolute atomic E-state index is 8.98. The van der Waals surface area contributed by atoms with E-state index < -0.39 is 0 Å². The predicted octanol–water partition coefficient (Wildman–Crippen LogP) is 1.59. The van der Waals surface area contributed by atoms with Gasteiger partial charge in [0.05, 0.1) is 18.9 Å². The van der Waals surface area contributed by atoms with Crippen molar-refractivity contribution in [3.05, 3.63) is 23.0 Å². The minimum Gasteiger partial charge on any atom is -0.493 e. The van der Waals surface area contributed by atoms with Crippen LogP contribution in [0.25, 0.3) is 0 Å². The zero-order chi connectivity index (χ0) is 9.84. The summed E-state index contributed by atoms with van der Waals surface area (Å²) in [5.74, 6) is 0.849. The zero-order valence-corrected chi connectivity index (χ0v) is 8.29. The molecular weight excluding hydrogens is 166 g/mol. The van der Waals surface area contributed by atoms with E-state index in [9.17, 15) is 0 Å². The first-order valence-electron chi connectivity index (χ1n) is 4.39. The lowest BCUT2D eigenvalue weighted by Crippen LogP contribution is -2.02. The Balaban J connectivity index is 3.13. The molecule has 1 aromatic rings. The topological polar surface area (TPSA) is 42.4 Å². The van der Waals surface area contributed by atoms with Crippen molar-refractivity contribution < 1.29 is 9.84 Å². The molecule has 0 saturated carbocycles. The van der Waals surface area contributed by atoms with Crippen LogP contribution < -0.4 is 4.74 Å². The van der Waals surface area contributed by atoms with Gasteiger partial charge < -0.3 is 9.84 Å². The molecule has 1 heterocycles. The first kappa shape index (κ1) is 9.99. The lowest BCUT2D eigenvalue weighted by Gasteiger charge is -2.12. The highest BCUT2D eigenvalue weighted by molar-refractivity contribution is 5.40. The third kappa shape index (κ3) is 1.98. The normalized spacial score (nSPS) is 10.2. The first-order valence-corrected chi connectivity index (χ1v) is 4.39. The lowest BCUT2D eigenvalue weighted by atomic mass is 10.1. The van der Waals surface area contributed by atoms with Gasteiger partial charge in [-0.25, -0.2) is 0 Å². The van der Waals surface area contributed by atoms with Crippen molar-refractivity contribution in [3.8, 4) is 5.75 Å². The quantitative estimate of drug-likeness (QED) is 0.770.